The van der Waals surface area contributed by atoms with Crippen LogP contribution >= 0.6 is 11.6 Å². The second kappa shape index (κ2) is 8.08. The number of aromatic nitrogens is 2. The lowest BCUT2D eigenvalue weighted by Gasteiger charge is -2.15. The van der Waals surface area contributed by atoms with E-state index in [1.807, 2.05) is 0 Å². The molecule has 0 saturated carbocycles. The molecule has 10 nitrogen and oxygen atoms in total. The molecule has 0 aliphatic carbocycles. The second-order valence-corrected chi connectivity index (χ2v) is 7.34. The van der Waals surface area contributed by atoms with Crippen LogP contribution in [0.4, 0.5) is 17.6 Å². The Labute approximate surface area is 169 Å². The SMILES string of the molecule is Cn1c(C(F)(F)F)cc(=O)n(-c2cc(OCC(=O)NS(N)(=O)=O)c(Cl)cc2F)c1=O. The first-order valence-electron chi connectivity index (χ1n) is 7.47. The topological polar surface area (TPSA) is 142 Å². The Morgan fingerprint density at radius 1 is 1.27 bits per heavy atom. The molecule has 1 amide bonds. The molecule has 30 heavy (non-hydrogen) atoms. The molecule has 2 aromatic rings. The maximum Gasteiger partial charge on any atom is 0.431 e. The van der Waals surface area contributed by atoms with Crippen molar-refractivity contribution in [1.29, 1.82) is 0 Å². The van der Waals surface area contributed by atoms with Gasteiger partial charge in [0.2, 0.25) is 0 Å². The smallest absolute Gasteiger partial charge is 0.431 e. The van der Waals surface area contributed by atoms with Crippen molar-refractivity contribution in [2.75, 3.05) is 6.61 Å². The molecule has 1 aromatic heterocycles. The van der Waals surface area contributed by atoms with E-state index in [1.165, 1.54) is 4.72 Å². The Hall–Kier alpha value is -2.91. The first-order valence-corrected chi connectivity index (χ1v) is 9.40. The van der Waals surface area contributed by atoms with Gasteiger partial charge in [-0.25, -0.2) is 23.6 Å². The van der Waals surface area contributed by atoms with E-state index in [0.29, 0.717) is 12.1 Å². The average molecular weight is 475 g/mol. The van der Waals surface area contributed by atoms with Crippen molar-refractivity contribution < 1.29 is 35.5 Å². The average Bonchev–Trinajstić information content (AvgIpc) is 2.56. The fourth-order valence-electron chi connectivity index (χ4n) is 2.25. The van der Waals surface area contributed by atoms with Crippen LogP contribution in [0.25, 0.3) is 5.69 Å². The number of nitrogens with one attached hydrogen (secondary N) is 1. The molecule has 0 unspecified atom stereocenters. The van der Waals surface area contributed by atoms with E-state index in [9.17, 15) is 40.4 Å². The molecule has 0 radical (unpaired) electrons. The maximum atomic E-state index is 14.3. The predicted molar refractivity (Wildman–Crippen MR) is 94.0 cm³/mol. The van der Waals surface area contributed by atoms with Crippen molar-refractivity contribution in [2.24, 2.45) is 12.2 Å². The lowest BCUT2D eigenvalue weighted by Crippen LogP contribution is -2.41. The van der Waals surface area contributed by atoms with Gasteiger partial charge in [0.15, 0.2) is 6.61 Å². The number of amides is 1. The number of benzene rings is 1. The number of carbonyl (C=O) groups is 1. The minimum atomic E-state index is -5.02. The minimum absolute atomic E-state index is 0.0928. The third kappa shape index (κ3) is 5.17. The molecule has 0 bridgehead atoms. The van der Waals surface area contributed by atoms with E-state index < -0.39 is 68.1 Å². The molecule has 0 aliphatic rings. The zero-order chi connectivity index (χ0) is 23.0. The Morgan fingerprint density at radius 2 is 1.87 bits per heavy atom. The van der Waals surface area contributed by atoms with Gasteiger partial charge in [0.25, 0.3) is 21.7 Å². The van der Waals surface area contributed by atoms with E-state index in [1.54, 1.807) is 0 Å². The number of hydrogen-bond donors (Lipinski definition) is 2. The van der Waals surface area contributed by atoms with Gasteiger partial charge in [-0.2, -0.15) is 21.6 Å². The number of rotatable bonds is 5. The van der Waals surface area contributed by atoms with Gasteiger partial charge < -0.3 is 4.74 Å². The van der Waals surface area contributed by atoms with Crippen LogP contribution in [0.1, 0.15) is 5.69 Å². The van der Waals surface area contributed by atoms with Crippen molar-refractivity contribution in [1.82, 2.24) is 13.9 Å². The van der Waals surface area contributed by atoms with Gasteiger partial charge in [-0.15, -0.1) is 0 Å². The van der Waals surface area contributed by atoms with Crippen LogP contribution in [-0.2, 0) is 28.2 Å². The molecular formula is C14H11ClF4N4O6S. The summed E-state index contributed by atoms with van der Waals surface area (Å²) in [5.74, 6) is -2.98. The lowest BCUT2D eigenvalue weighted by molar-refractivity contribution is -0.144. The molecular weight excluding hydrogens is 464 g/mol. The standard InChI is InChI=1S/C14H11ClF4N4O6S/c1-22-10(14(17,18)19)4-12(25)23(13(22)26)8-3-9(6(15)2-7(8)16)29-5-11(24)21-30(20,27)28/h2-4H,5H2,1H3,(H,21,24)(H2,20,27,28). The minimum Gasteiger partial charge on any atom is -0.482 e. The van der Waals surface area contributed by atoms with Crippen LogP contribution in [0.15, 0.2) is 27.8 Å². The summed E-state index contributed by atoms with van der Waals surface area (Å²) in [5, 5.41) is 4.15. The first-order chi connectivity index (χ1) is 13.6. The second-order valence-electron chi connectivity index (χ2n) is 5.64. The summed E-state index contributed by atoms with van der Waals surface area (Å²) in [5.41, 5.74) is -5.39. The molecule has 0 atom stereocenters. The van der Waals surface area contributed by atoms with Crippen LogP contribution in [0.5, 0.6) is 5.75 Å². The monoisotopic (exact) mass is 474 g/mol. The van der Waals surface area contributed by atoms with Crippen molar-refractivity contribution in [3.05, 3.63) is 55.6 Å². The molecule has 0 saturated heterocycles. The summed E-state index contributed by atoms with van der Waals surface area (Å²) in [6.07, 6.45) is -5.02. The molecule has 0 spiro atoms. The number of nitrogens with zero attached hydrogens (tertiary/aromatic N) is 2. The molecule has 1 heterocycles. The Bertz CT molecular complexity index is 1240. The van der Waals surface area contributed by atoms with Gasteiger partial charge in [0.1, 0.15) is 17.3 Å². The Kier molecular flexibility index (Phi) is 6.29. The van der Waals surface area contributed by atoms with Crippen molar-refractivity contribution in [3.63, 3.8) is 0 Å². The highest BCUT2D eigenvalue weighted by Gasteiger charge is 2.35. The van der Waals surface area contributed by atoms with Gasteiger partial charge >= 0.3 is 11.9 Å². The molecule has 3 N–H and O–H groups in total. The first kappa shape index (κ1) is 23.4. The van der Waals surface area contributed by atoms with E-state index in [4.69, 9.17) is 16.3 Å². The highest BCUT2D eigenvalue weighted by Crippen LogP contribution is 2.30. The summed E-state index contributed by atoms with van der Waals surface area (Å²) < 4.78 is 81.1. The number of carbonyl (C=O) groups excluding carboxylic acids is 1. The molecule has 0 aliphatic heterocycles. The van der Waals surface area contributed by atoms with Crippen LogP contribution < -0.4 is 25.8 Å². The van der Waals surface area contributed by atoms with Crippen LogP contribution in [0.3, 0.4) is 0 Å². The summed E-state index contributed by atoms with van der Waals surface area (Å²) >= 11 is 5.74. The third-order valence-corrected chi connectivity index (χ3v) is 4.28. The summed E-state index contributed by atoms with van der Waals surface area (Å²) in [6.45, 7) is -0.971. The quantitative estimate of drug-likeness (QED) is 0.586. The fourth-order valence-corrected chi connectivity index (χ4v) is 2.83. The number of nitrogens with two attached hydrogens (primary N) is 1. The lowest BCUT2D eigenvalue weighted by atomic mass is 10.2. The summed E-state index contributed by atoms with van der Waals surface area (Å²) in [6, 6.07) is 1.35. The highest BCUT2D eigenvalue weighted by atomic mass is 35.5. The Morgan fingerprint density at radius 3 is 2.40 bits per heavy atom. The largest absolute Gasteiger partial charge is 0.482 e. The number of halogens is 5. The van der Waals surface area contributed by atoms with E-state index >= 15 is 0 Å². The summed E-state index contributed by atoms with van der Waals surface area (Å²) in [7, 11) is -3.66. The zero-order valence-corrected chi connectivity index (χ0v) is 16.2. The van der Waals surface area contributed by atoms with Gasteiger partial charge in [0.05, 0.1) is 10.7 Å². The van der Waals surface area contributed by atoms with Gasteiger partial charge in [-0.05, 0) is 6.07 Å². The van der Waals surface area contributed by atoms with Gasteiger partial charge in [-0.1, -0.05) is 11.6 Å². The van der Waals surface area contributed by atoms with Gasteiger partial charge in [0, 0.05) is 19.2 Å². The van der Waals surface area contributed by atoms with Crippen LogP contribution in [0, 0.1) is 5.82 Å². The van der Waals surface area contributed by atoms with Crippen LogP contribution in [0.2, 0.25) is 5.02 Å². The maximum absolute atomic E-state index is 14.3. The van der Waals surface area contributed by atoms with Gasteiger partial charge in [-0.3, -0.25) is 14.2 Å². The van der Waals surface area contributed by atoms with Crippen molar-refractivity contribution in [2.45, 2.75) is 6.18 Å². The number of hydrogen-bond acceptors (Lipinski definition) is 6. The van der Waals surface area contributed by atoms with Crippen molar-refractivity contribution in [3.8, 4) is 11.4 Å². The molecule has 2 rings (SSSR count). The zero-order valence-electron chi connectivity index (χ0n) is 14.7. The highest BCUT2D eigenvalue weighted by molar-refractivity contribution is 7.87. The normalized spacial score (nSPS) is 12.0. The summed E-state index contributed by atoms with van der Waals surface area (Å²) in [4.78, 5) is 35.8. The molecule has 164 valence electrons. The molecule has 0 fully saturated rings. The van der Waals surface area contributed by atoms with Crippen molar-refractivity contribution >= 4 is 27.7 Å². The van der Waals surface area contributed by atoms with E-state index in [-0.39, 0.29) is 15.2 Å². The predicted octanol–water partition coefficient (Wildman–Crippen LogP) is 0.0460. The van der Waals surface area contributed by atoms with E-state index in [0.717, 1.165) is 7.05 Å². The van der Waals surface area contributed by atoms with Crippen LogP contribution in [-0.4, -0.2) is 30.1 Å². The number of alkyl halides is 3. The molecule has 16 heteroatoms. The van der Waals surface area contributed by atoms with E-state index in [2.05, 4.69) is 5.14 Å². The Balaban J connectivity index is 2.53. The number of ether oxygens (including phenoxy) is 1. The third-order valence-electron chi connectivity index (χ3n) is 3.47. The fraction of sp³-hybridized carbons (Fsp3) is 0.214. The molecule has 1 aromatic carbocycles.